The minimum Gasteiger partial charge on any atom is -0.795 e. The van der Waals surface area contributed by atoms with Crippen LogP contribution >= 0.6 is 12.0 Å². The third-order valence-corrected chi connectivity index (χ3v) is 1.01. The lowest BCUT2D eigenvalue weighted by atomic mass is 10.3. The lowest BCUT2D eigenvalue weighted by Gasteiger charge is -2.02. The second kappa shape index (κ2) is 4.09. The predicted molar refractivity (Wildman–Crippen MR) is 32.1 cm³/mol. The molecule has 0 amide bonds. The van der Waals surface area contributed by atoms with Crippen LogP contribution in [-0.4, -0.2) is 4.55 Å². The van der Waals surface area contributed by atoms with Gasteiger partial charge in [-0.05, 0) is 4.91 Å². The Labute approximate surface area is 48.6 Å². The Balaban J connectivity index is 3.00. The van der Waals surface area contributed by atoms with E-state index in [-0.39, 0.29) is 0 Å². The molecular weight excluding hydrogens is 108 g/mol. The quantitative estimate of drug-likeness (QED) is 0.415. The largest absolute Gasteiger partial charge is 0.795 e. The van der Waals surface area contributed by atoms with Crippen molar-refractivity contribution in [2.45, 2.75) is 12.8 Å². The molecule has 0 aliphatic heterocycles. The van der Waals surface area contributed by atoms with Gasteiger partial charge in [0.05, 0.1) is 13.3 Å². The van der Waals surface area contributed by atoms with E-state index in [1.54, 1.807) is 0 Å². The van der Waals surface area contributed by atoms with Gasteiger partial charge in [0.2, 0.25) is 0 Å². The summed E-state index contributed by atoms with van der Waals surface area (Å²) in [5, 5.41) is 0. The van der Waals surface area contributed by atoms with Crippen LogP contribution in [0.4, 0.5) is 0 Å². The molecule has 0 aromatic heterocycles. The summed E-state index contributed by atoms with van der Waals surface area (Å²) in [6, 6.07) is 0. The van der Waals surface area contributed by atoms with Crippen LogP contribution < -0.4 is 0 Å². The van der Waals surface area contributed by atoms with E-state index in [4.69, 9.17) is 0 Å². The van der Waals surface area contributed by atoms with Crippen molar-refractivity contribution in [2.75, 3.05) is 0 Å². The van der Waals surface area contributed by atoms with Crippen molar-refractivity contribution in [3.63, 3.8) is 0 Å². The molecule has 40 valence electrons. The number of rotatable bonds is 3. The summed E-state index contributed by atoms with van der Waals surface area (Å²) in [5.41, 5.74) is 0. The predicted octanol–water partition coefficient (Wildman–Crippen LogP) is 1.98. The third kappa shape index (κ3) is 3.76. The molecule has 0 N–H and O–H groups in total. The Morgan fingerprint density at radius 1 is 1.86 bits per heavy atom. The molecule has 2 heteroatoms. The fourth-order valence-electron chi connectivity index (χ4n) is 0.239. The SMILES string of the molecule is C=C(CC[CH2+])S[O-]. The molecule has 0 saturated carbocycles. The second-order valence-corrected chi connectivity index (χ2v) is 1.97. The second-order valence-electron chi connectivity index (χ2n) is 1.23. The highest BCUT2D eigenvalue weighted by Crippen LogP contribution is 2.12. The molecule has 0 fully saturated rings. The van der Waals surface area contributed by atoms with Crippen molar-refractivity contribution >= 4 is 12.0 Å². The summed E-state index contributed by atoms with van der Waals surface area (Å²) in [7, 11) is 0. The Bertz CT molecular complexity index is 61.1. The van der Waals surface area contributed by atoms with E-state index in [9.17, 15) is 4.55 Å². The van der Waals surface area contributed by atoms with E-state index in [0.717, 1.165) is 12.8 Å². The van der Waals surface area contributed by atoms with Crippen LogP contribution in [0.3, 0.4) is 0 Å². The highest BCUT2D eigenvalue weighted by atomic mass is 32.2. The fraction of sp³-hybridized carbons (Fsp3) is 0.400. The van der Waals surface area contributed by atoms with E-state index >= 15 is 0 Å². The summed E-state index contributed by atoms with van der Waals surface area (Å²) in [6.45, 7) is 7.03. The Hall–Kier alpha value is -0.0800. The van der Waals surface area contributed by atoms with Crippen molar-refractivity contribution in [2.24, 2.45) is 0 Å². The van der Waals surface area contributed by atoms with Gasteiger partial charge in [0.25, 0.3) is 0 Å². The molecule has 0 rings (SSSR count). The molecule has 0 heterocycles. The topological polar surface area (TPSA) is 23.1 Å². The van der Waals surface area contributed by atoms with E-state index in [0.29, 0.717) is 16.9 Å². The van der Waals surface area contributed by atoms with Gasteiger partial charge in [-0.2, -0.15) is 0 Å². The van der Waals surface area contributed by atoms with Gasteiger partial charge >= 0.3 is 0 Å². The van der Waals surface area contributed by atoms with Crippen molar-refractivity contribution in [3.05, 3.63) is 18.4 Å². The molecular formula is C5H8OS. The van der Waals surface area contributed by atoms with Crippen LogP contribution in [0, 0.1) is 6.92 Å². The Morgan fingerprint density at radius 2 is 2.43 bits per heavy atom. The first-order valence-electron chi connectivity index (χ1n) is 2.08. The standard InChI is InChI=1S/C5H8OS/c1-3-4-5(2)7-6/h1-4H2. The van der Waals surface area contributed by atoms with Crippen LogP contribution in [0.1, 0.15) is 12.8 Å². The molecule has 0 unspecified atom stereocenters. The average Bonchev–Trinajstić information content (AvgIpc) is 1.68. The van der Waals surface area contributed by atoms with Crippen LogP contribution in [0.15, 0.2) is 11.5 Å². The van der Waals surface area contributed by atoms with E-state index in [1.165, 1.54) is 0 Å². The summed E-state index contributed by atoms with van der Waals surface area (Å²) in [4.78, 5) is 0.676. The number of hydrogen-bond donors (Lipinski definition) is 0. The minimum absolute atomic E-state index is 0.465. The van der Waals surface area contributed by atoms with Crippen molar-refractivity contribution in [3.8, 4) is 0 Å². The van der Waals surface area contributed by atoms with Gasteiger partial charge in [-0.15, -0.1) is 0 Å². The van der Waals surface area contributed by atoms with Crippen LogP contribution in [0.25, 0.3) is 0 Å². The average molecular weight is 116 g/mol. The molecule has 7 heavy (non-hydrogen) atoms. The molecule has 0 spiro atoms. The van der Waals surface area contributed by atoms with Gasteiger partial charge < -0.3 is 4.55 Å². The number of allylic oxidation sites excluding steroid dienone is 1. The van der Waals surface area contributed by atoms with Gasteiger partial charge in [-0.25, -0.2) is 12.0 Å². The maximum Gasteiger partial charge on any atom is 0.0895 e. The summed E-state index contributed by atoms with van der Waals surface area (Å²) in [5.74, 6) is 0. The zero-order valence-electron chi connectivity index (χ0n) is 4.14. The lowest BCUT2D eigenvalue weighted by molar-refractivity contribution is 0.622. The van der Waals surface area contributed by atoms with E-state index < -0.39 is 0 Å². The summed E-state index contributed by atoms with van der Waals surface area (Å²) >= 11 is 0.465. The van der Waals surface area contributed by atoms with Crippen LogP contribution in [0.5, 0.6) is 0 Å². The molecule has 0 aliphatic rings. The summed E-state index contributed by atoms with van der Waals surface area (Å²) in [6.07, 6.45) is 1.52. The van der Waals surface area contributed by atoms with Crippen molar-refractivity contribution in [1.29, 1.82) is 0 Å². The first kappa shape index (κ1) is 6.92. The highest BCUT2D eigenvalue weighted by Gasteiger charge is 1.84. The van der Waals surface area contributed by atoms with Crippen molar-refractivity contribution < 1.29 is 4.55 Å². The van der Waals surface area contributed by atoms with Gasteiger partial charge in [0.1, 0.15) is 0 Å². The van der Waals surface area contributed by atoms with E-state index in [1.807, 2.05) is 0 Å². The maximum atomic E-state index is 9.81. The third-order valence-electron chi connectivity index (χ3n) is 0.573. The molecule has 0 aromatic carbocycles. The Kier molecular flexibility index (Phi) is 4.04. The molecule has 1 nitrogen and oxygen atoms in total. The Morgan fingerprint density at radius 3 is 2.57 bits per heavy atom. The summed E-state index contributed by atoms with van der Waals surface area (Å²) < 4.78 is 9.81. The zero-order valence-corrected chi connectivity index (χ0v) is 4.96. The van der Waals surface area contributed by atoms with Crippen LogP contribution in [-0.2, 0) is 0 Å². The molecule has 0 radical (unpaired) electrons. The first-order valence-corrected chi connectivity index (χ1v) is 2.82. The smallest absolute Gasteiger partial charge is 0.0895 e. The van der Waals surface area contributed by atoms with Gasteiger partial charge in [0, 0.05) is 6.42 Å². The van der Waals surface area contributed by atoms with Crippen LogP contribution in [0.2, 0.25) is 0 Å². The normalized spacial score (nSPS) is 8.71. The van der Waals surface area contributed by atoms with Crippen molar-refractivity contribution in [1.82, 2.24) is 0 Å². The van der Waals surface area contributed by atoms with Gasteiger partial charge in [0.15, 0.2) is 0 Å². The first-order chi connectivity index (χ1) is 3.31. The molecule has 0 aromatic rings. The van der Waals surface area contributed by atoms with Gasteiger partial charge in [-0.3, -0.25) is 0 Å². The van der Waals surface area contributed by atoms with E-state index in [2.05, 4.69) is 13.5 Å². The fourth-order valence-corrected chi connectivity index (χ4v) is 0.467. The highest BCUT2D eigenvalue weighted by molar-refractivity contribution is 7.97. The minimum atomic E-state index is 0.465. The maximum absolute atomic E-state index is 9.81. The molecule has 0 atom stereocenters. The van der Waals surface area contributed by atoms with Gasteiger partial charge in [-0.1, -0.05) is 6.58 Å². The molecule has 0 aliphatic carbocycles. The zero-order chi connectivity index (χ0) is 5.70. The lowest BCUT2D eigenvalue weighted by Crippen LogP contribution is -1.69. The monoisotopic (exact) mass is 116 g/mol. The number of hydrogen-bond acceptors (Lipinski definition) is 2. The molecule has 0 bridgehead atoms. The molecule has 0 saturated heterocycles.